The Morgan fingerprint density at radius 2 is 1.73 bits per heavy atom. The fourth-order valence-electron chi connectivity index (χ4n) is 2.93. The van der Waals surface area contributed by atoms with E-state index < -0.39 is 0 Å². The maximum Gasteiger partial charge on any atom is 0.0695 e. The first-order chi connectivity index (χ1) is 7.33. The average molecular weight is 213 g/mol. The Labute approximate surface area is 92.1 Å². The van der Waals surface area contributed by atoms with Crippen LogP contribution in [0.2, 0.25) is 0 Å². The van der Waals surface area contributed by atoms with Crippen LogP contribution in [0.15, 0.2) is 0 Å². The molecule has 0 saturated heterocycles. The van der Waals surface area contributed by atoms with Crippen LogP contribution in [0.25, 0.3) is 0 Å². The zero-order valence-corrected chi connectivity index (χ0v) is 9.44. The van der Waals surface area contributed by atoms with E-state index in [-0.39, 0.29) is 12.7 Å². The van der Waals surface area contributed by atoms with Crippen LogP contribution in [0.1, 0.15) is 44.9 Å². The minimum Gasteiger partial charge on any atom is -0.395 e. The van der Waals surface area contributed by atoms with Gasteiger partial charge in [-0.15, -0.1) is 0 Å². The molecule has 0 unspecified atom stereocenters. The summed E-state index contributed by atoms with van der Waals surface area (Å²) in [6, 6.07) is 0.950. The van der Waals surface area contributed by atoms with Gasteiger partial charge in [0.2, 0.25) is 0 Å². The SMILES string of the molecule is OCCN(C1CCC1)[C@H]1CCCC[C@@H]1O. The van der Waals surface area contributed by atoms with Gasteiger partial charge in [-0.05, 0) is 25.7 Å². The van der Waals surface area contributed by atoms with E-state index in [2.05, 4.69) is 4.90 Å². The van der Waals surface area contributed by atoms with Crippen molar-refractivity contribution >= 4 is 0 Å². The molecule has 15 heavy (non-hydrogen) atoms. The van der Waals surface area contributed by atoms with Crippen molar-refractivity contribution in [2.45, 2.75) is 63.1 Å². The number of hydrogen-bond acceptors (Lipinski definition) is 3. The molecule has 2 aliphatic carbocycles. The molecular formula is C12H23NO2. The summed E-state index contributed by atoms with van der Waals surface area (Å²) in [5, 5.41) is 19.1. The molecule has 2 N–H and O–H groups in total. The second kappa shape index (κ2) is 5.28. The summed E-state index contributed by atoms with van der Waals surface area (Å²) in [6.07, 6.45) is 8.11. The van der Waals surface area contributed by atoms with Gasteiger partial charge in [0.05, 0.1) is 12.7 Å². The molecule has 0 spiro atoms. The molecule has 0 aromatic carbocycles. The maximum atomic E-state index is 10.0. The standard InChI is InChI=1S/C12H23NO2/c14-9-8-13(10-4-3-5-10)11-6-1-2-7-12(11)15/h10-12,14-15H,1-9H2/t11-,12-/m0/s1. The Morgan fingerprint density at radius 1 is 1.00 bits per heavy atom. The number of nitrogens with zero attached hydrogens (tertiary/aromatic N) is 1. The molecule has 0 aromatic rings. The van der Waals surface area contributed by atoms with Gasteiger partial charge in [0, 0.05) is 18.6 Å². The highest BCUT2D eigenvalue weighted by molar-refractivity contribution is 4.90. The molecule has 0 aliphatic heterocycles. The van der Waals surface area contributed by atoms with Gasteiger partial charge >= 0.3 is 0 Å². The van der Waals surface area contributed by atoms with Crippen LogP contribution in [0, 0.1) is 0 Å². The molecule has 0 bridgehead atoms. The maximum absolute atomic E-state index is 10.0. The molecule has 3 nitrogen and oxygen atoms in total. The largest absolute Gasteiger partial charge is 0.395 e. The van der Waals surface area contributed by atoms with Crippen molar-refractivity contribution < 1.29 is 10.2 Å². The lowest BCUT2D eigenvalue weighted by Crippen LogP contribution is -2.53. The van der Waals surface area contributed by atoms with Crippen molar-refractivity contribution in [1.29, 1.82) is 0 Å². The molecule has 0 aromatic heterocycles. The van der Waals surface area contributed by atoms with Gasteiger partial charge in [0.1, 0.15) is 0 Å². The summed E-state index contributed by atoms with van der Waals surface area (Å²) in [5.74, 6) is 0. The van der Waals surface area contributed by atoms with E-state index >= 15 is 0 Å². The zero-order chi connectivity index (χ0) is 10.7. The second-order valence-corrected chi connectivity index (χ2v) is 4.97. The van der Waals surface area contributed by atoms with Gasteiger partial charge in [0.15, 0.2) is 0 Å². The molecule has 2 rings (SSSR count). The van der Waals surface area contributed by atoms with E-state index in [0.717, 1.165) is 25.8 Å². The normalized spacial score (nSPS) is 33.0. The average Bonchev–Trinajstić information content (AvgIpc) is 2.15. The van der Waals surface area contributed by atoms with E-state index in [1.807, 2.05) is 0 Å². The first-order valence-electron chi connectivity index (χ1n) is 6.37. The Balaban J connectivity index is 1.94. The number of hydrogen-bond donors (Lipinski definition) is 2. The summed E-state index contributed by atoms with van der Waals surface area (Å²) in [5.41, 5.74) is 0. The summed E-state index contributed by atoms with van der Waals surface area (Å²) < 4.78 is 0. The van der Waals surface area contributed by atoms with E-state index in [1.54, 1.807) is 0 Å². The zero-order valence-electron chi connectivity index (χ0n) is 9.44. The summed E-state index contributed by atoms with van der Waals surface area (Å²) in [4.78, 5) is 2.37. The van der Waals surface area contributed by atoms with Crippen LogP contribution in [0.4, 0.5) is 0 Å². The third-order valence-corrected chi connectivity index (χ3v) is 4.02. The lowest BCUT2D eigenvalue weighted by Gasteiger charge is -2.45. The Kier molecular flexibility index (Phi) is 4.00. The van der Waals surface area contributed by atoms with Gasteiger partial charge in [-0.25, -0.2) is 0 Å². The molecule has 2 atom stereocenters. The van der Waals surface area contributed by atoms with E-state index in [4.69, 9.17) is 5.11 Å². The molecule has 88 valence electrons. The molecule has 2 fully saturated rings. The fourth-order valence-corrected chi connectivity index (χ4v) is 2.93. The number of aliphatic hydroxyl groups is 2. The van der Waals surface area contributed by atoms with Crippen molar-refractivity contribution in [3.05, 3.63) is 0 Å². The minimum absolute atomic E-state index is 0.161. The van der Waals surface area contributed by atoms with Crippen LogP contribution in [0.5, 0.6) is 0 Å². The van der Waals surface area contributed by atoms with Crippen LogP contribution in [-0.2, 0) is 0 Å². The van der Waals surface area contributed by atoms with Gasteiger partial charge in [-0.2, -0.15) is 0 Å². The van der Waals surface area contributed by atoms with E-state index in [0.29, 0.717) is 12.1 Å². The first-order valence-corrected chi connectivity index (χ1v) is 6.37. The number of rotatable bonds is 4. The lowest BCUT2D eigenvalue weighted by molar-refractivity contribution is -0.0269. The molecule has 0 radical (unpaired) electrons. The van der Waals surface area contributed by atoms with Crippen molar-refractivity contribution in [2.24, 2.45) is 0 Å². The monoisotopic (exact) mass is 213 g/mol. The van der Waals surface area contributed by atoms with Crippen molar-refractivity contribution in [3.63, 3.8) is 0 Å². The van der Waals surface area contributed by atoms with Crippen LogP contribution in [0.3, 0.4) is 0 Å². The fraction of sp³-hybridized carbons (Fsp3) is 1.00. The minimum atomic E-state index is -0.161. The van der Waals surface area contributed by atoms with Gasteiger partial charge in [-0.3, -0.25) is 4.90 Å². The third-order valence-electron chi connectivity index (χ3n) is 4.02. The summed E-state index contributed by atoms with van der Waals surface area (Å²) >= 11 is 0. The smallest absolute Gasteiger partial charge is 0.0695 e. The highest BCUT2D eigenvalue weighted by atomic mass is 16.3. The Hall–Kier alpha value is -0.120. The molecule has 3 heteroatoms. The Bertz CT molecular complexity index is 194. The van der Waals surface area contributed by atoms with E-state index in [1.165, 1.54) is 25.7 Å². The molecule has 0 amide bonds. The predicted molar refractivity (Wildman–Crippen MR) is 59.7 cm³/mol. The van der Waals surface area contributed by atoms with Crippen LogP contribution < -0.4 is 0 Å². The topological polar surface area (TPSA) is 43.7 Å². The van der Waals surface area contributed by atoms with Crippen LogP contribution in [-0.4, -0.2) is 46.5 Å². The third kappa shape index (κ3) is 2.52. The van der Waals surface area contributed by atoms with Crippen molar-refractivity contribution in [1.82, 2.24) is 4.90 Å². The molecule has 2 aliphatic rings. The van der Waals surface area contributed by atoms with Crippen molar-refractivity contribution in [3.8, 4) is 0 Å². The van der Waals surface area contributed by atoms with Gasteiger partial charge in [0.25, 0.3) is 0 Å². The Morgan fingerprint density at radius 3 is 2.27 bits per heavy atom. The highest BCUT2D eigenvalue weighted by Crippen LogP contribution is 2.31. The lowest BCUT2D eigenvalue weighted by atomic mass is 9.85. The summed E-state index contributed by atoms with van der Waals surface area (Å²) in [7, 11) is 0. The molecular weight excluding hydrogens is 190 g/mol. The summed E-state index contributed by atoms with van der Waals surface area (Å²) in [6.45, 7) is 0.964. The quantitative estimate of drug-likeness (QED) is 0.736. The first kappa shape index (κ1) is 11.4. The van der Waals surface area contributed by atoms with Crippen LogP contribution >= 0.6 is 0 Å². The highest BCUT2D eigenvalue weighted by Gasteiger charge is 2.34. The van der Waals surface area contributed by atoms with Gasteiger partial charge < -0.3 is 10.2 Å². The second-order valence-electron chi connectivity index (χ2n) is 4.97. The molecule has 0 heterocycles. The number of aliphatic hydroxyl groups excluding tert-OH is 2. The van der Waals surface area contributed by atoms with Crippen molar-refractivity contribution in [2.75, 3.05) is 13.2 Å². The van der Waals surface area contributed by atoms with Gasteiger partial charge in [-0.1, -0.05) is 19.3 Å². The predicted octanol–water partition coefficient (Wildman–Crippen LogP) is 1.14. The molecule has 2 saturated carbocycles. The van der Waals surface area contributed by atoms with E-state index in [9.17, 15) is 5.11 Å².